The summed E-state index contributed by atoms with van der Waals surface area (Å²) in [4.78, 5) is 26.0. The largest absolute Gasteiger partial charge is 0.336 e. The molecule has 2 atom stereocenters. The Bertz CT molecular complexity index is 492. The summed E-state index contributed by atoms with van der Waals surface area (Å²) in [5.74, 6) is -0.0489. The number of para-hydroxylation sites is 1. The van der Waals surface area contributed by atoms with Crippen LogP contribution in [-0.4, -0.2) is 48.6 Å². The van der Waals surface area contributed by atoms with Crippen LogP contribution in [0.2, 0.25) is 0 Å². The van der Waals surface area contributed by atoms with Crippen molar-refractivity contribution in [3.8, 4) is 0 Å². The molecule has 1 aromatic carbocycles. The van der Waals surface area contributed by atoms with Crippen molar-refractivity contribution < 1.29 is 9.59 Å². The zero-order chi connectivity index (χ0) is 15.2. The number of rotatable bonds is 3. The predicted octanol–water partition coefficient (Wildman–Crippen LogP) is 1.02. The van der Waals surface area contributed by atoms with Gasteiger partial charge in [0.15, 0.2) is 0 Å². The summed E-state index contributed by atoms with van der Waals surface area (Å²) >= 11 is 0. The van der Waals surface area contributed by atoms with Crippen molar-refractivity contribution >= 4 is 17.6 Å². The number of nitrogens with one attached hydrogen (secondary N) is 3. The minimum Gasteiger partial charge on any atom is -0.336 e. The average Bonchev–Trinajstić information content (AvgIpc) is 2.48. The van der Waals surface area contributed by atoms with Gasteiger partial charge in [-0.15, -0.1) is 0 Å². The molecule has 1 fully saturated rings. The fourth-order valence-corrected chi connectivity index (χ4v) is 2.36. The third-order valence-electron chi connectivity index (χ3n) is 3.53. The van der Waals surface area contributed by atoms with Gasteiger partial charge in [0.05, 0.1) is 0 Å². The second kappa shape index (κ2) is 7.08. The SMILES string of the molecule is CC(NC(=O)Nc1ccccc1)C(=O)N1CCNC[C@H]1C. The third-order valence-corrected chi connectivity index (χ3v) is 3.53. The highest BCUT2D eigenvalue weighted by atomic mass is 16.2. The molecule has 0 aliphatic carbocycles. The first-order valence-corrected chi connectivity index (χ1v) is 7.21. The molecule has 6 nitrogen and oxygen atoms in total. The highest BCUT2D eigenvalue weighted by Gasteiger charge is 2.27. The number of carbonyl (C=O) groups is 2. The Balaban J connectivity index is 1.86. The topological polar surface area (TPSA) is 73.5 Å². The molecule has 1 heterocycles. The van der Waals surface area contributed by atoms with Crippen molar-refractivity contribution in [2.45, 2.75) is 25.9 Å². The van der Waals surface area contributed by atoms with E-state index >= 15 is 0 Å². The van der Waals surface area contributed by atoms with Gasteiger partial charge in [0.25, 0.3) is 0 Å². The van der Waals surface area contributed by atoms with Crippen molar-refractivity contribution in [3.63, 3.8) is 0 Å². The number of carbonyl (C=O) groups excluding carboxylic acids is 2. The molecule has 2 rings (SSSR count). The summed E-state index contributed by atoms with van der Waals surface area (Å²) < 4.78 is 0. The van der Waals surface area contributed by atoms with Gasteiger partial charge in [-0.2, -0.15) is 0 Å². The predicted molar refractivity (Wildman–Crippen MR) is 82.1 cm³/mol. The van der Waals surface area contributed by atoms with Crippen LogP contribution in [0.3, 0.4) is 0 Å². The standard InChI is InChI=1S/C15H22N4O2/c1-11-10-16-8-9-19(11)14(20)12(2)17-15(21)18-13-6-4-3-5-7-13/h3-7,11-12,16H,8-10H2,1-2H3,(H2,17,18,21)/t11-,12?/m1/s1. The van der Waals surface area contributed by atoms with E-state index in [9.17, 15) is 9.59 Å². The summed E-state index contributed by atoms with van der Waals surface area (Å²) in [6.07, 6.45) is 0. The van der Waals surface area contributed by atoms with E-state index in [1.165, 1.54) is 0 Å². The quantitative estimate of drug-likeness (QED) is 0.778. The van der Waals surface area contributed by atoms with Crippen LogP contribution in [0, 0.1) is 0 Å². The van der Waals surface area contributed by atoms with Crippen LogP contribution >= 0.6 is 0 Å². The molecule has 21 heavy (non-hydrogen) atoms. The number of urea groups is 1. The summed E-state index contributed by atoms with van der Waals surface area (Å²) in [5, 5.41) is 8.63. The maximum atomic E-state index is 12.4. The van der Waals surface area contributed by atoms with Crippen LogP contribution in [0.5, 0.6) is 0 Å². The molecule has 1 unspecified atom stereocenters. The number of hydrogen-bond acceptors (Lipinski definition) is 3. The van der Waals surface area contributed by atoms with E-state index in [-0.39, 0.29) is 18.0 Å². The minimum absolute atomic E-state index is 0.0489. The van der Waals surface area contributed by atoms with Gasteiger partial charge in [0, 0.05) is 31.4 Å². The summed E-state index contributed by atoms with van der Waals surface area (Å²) in [6.45, 7) is 5.96. The number of anilines is 1. The Kier molecular flexibility index (Phi) is 5.16. The number of amides is 3. The fraction of sp³-hybridized carbons (Fsp3) is 0.467. The van der Waals surface area contributed by atoms with E-state index < -0.39 is 6.04 Å². The third kappa shape index (κ3) is 4.19. The molecule has 1 aliphatic heterocycles. The van der Waals surface area contributed by atoms with Gasteiger partial charge in [-0.1, -0.05) is 18.2 Å². The Morgan fingerprint density at radius 1 is 1.33 bits per heavy atom. The van der Waals surface area contributed by atoms with Gasteiger partial charge < -0.3 is 20.9 Å². The highest BCUT2D eigenvalue weighted by molar-refractivity contribution is 5.93. The van der Waals surface area contributed by atoms with Crippen molar-refractivity contribution in [2.24, 2.45) is 0 Å². The Labute approximate surface area is 124 Å². The van der Waals surface area contributed by atoms with E-state index in [1.807, 2.05) is 30.0 Å². The first-order valence-electron chi connectivity index (χ1n) is 7.21. The summed E-state index contributed by atoms with van der Waals surface area (Å²) in [6, 6.07) is 8.38. The second-order valence-corrected chi connectivity index (χ2v) is 5.27. The molecule has 1 saturated heterocycles. The van der Waals surface area contributed by atoms with Gasteiger partial charge in [0.2, 0.25) is 5.91 Å². The maximum Gasteiger partial charge on any atom is 0.319 e. The molecule has 114 valence electrons. The lowest BCUT2D eigenvalue weighted by Crippen LogP contribution is -2.57. The normalized spacial score (nSPS) is 19.7. The van der Waals surface area contributed by atoms with Crippen molar-refractivity contribution in [1.29, 1.82) is 0 Å². The van der Waals surface area contributed by atoms with Crippen molar-refractivity contribution in [1.82, 2.24) is 15.5 Å². The van der Waals surface area contributed by atoms with Crippen molar-refractivity contribution in [3.05, 3.63) is 30.3 Å². The maximum absolute atomic E-state index is 12.4. The molecule has 3 N–H and O–H groups in total. The Morgan fingerprint density at radius 3 is 2.71 bits per heavy atom. The first kappa shape index (κ1) is 15.3. The smallest absolute Gasteiger partial charge is 0.319 e. The van der Waals surface area contributed by atoms with Gasteiger partial charge in [0.1, 0.15) is 6.04 Å². The molecule has 1 aromatic rings. The van der Waals surface area contributed by atoms with E-state index in [0.717, 1.165) is 13.1 Å². The Hall–Kier alpha value is -2.08. The van der Waals surface area contributed by atoms with Gasteiger partial charge in [-0.25, -0.2) is 4.79 Å². The van der Waals surface area contributed by atoms with E-state index in [4.69, 9.17) is 0 Å². The van der Waals surface area contributed by atoms with Crippen LogP contribution in [0.4, 0.5) is 10.5 Å². The number of nitrogens with zero attached hydrogens (tertiary/aromatic N) is 1. The van der Waals surface area contributed by atoms with Crippen LogP contribution < -0.4 is 16.0 Å². The van der Waals surface area contributed by atoms with E-state index in [1.54, 1.807) is 19.1 Å². The molecule has 0 spiro atoms. The summed E-state index contributed by atoms with van der Waals surface area (Å²) in [5.41, 5.74) is 0.699. The molecule has 0 aromatic heterocycles. The minimum atomic E-state index is -0.547. The molecular formula is C15H22N4O2. The first-order chi connectivity index (χ1) is 10.1. The van der Waals surface area contributed by atoms with Gasteiger partial charge in [-0.05, 0) is 26.0 Å². The molecule has 6 heteroatoms. The number of piperazine rings is 1. The summed E-state index contributed by atoms with van der Waals surface area (Å²) in [7, 11) is 0. The van der Waals surface area contributed by atoms with Crippen LogP contribution in [-0.2, 0) is 4.79 Å². The monoisotopic (exact) mass is 290 g/mol. The lowest BCUT2D eigenvalue weighted by molar-refractivity contribution is -0.135. The average molecular weight is 290 g/mol. The second-order valence-electron chi connectivity index (χ2n) is 5.27. The molecule has 0 radical (unpaired) electrons. The molecule has 3 amide bonds. The van der Waals surface area contributed by atoms with E-state index in [2.05, 4.69) is 16.0 Å². The number of benzene rings is 1. The number of hydrogen-bond donors (Lipinski definition) is 3. The molecule has 1 aliphatic rings. The van der Waals surface area contributed by atoms with Crippen LogP contribution in [0.25, 0.3) is 0 Å². The van der Waals surface area contributed by atoms with E-state index in [0.29, 0.717) is 12.2 Å². The zero-order valence-electron chi connectivity index (χ0n) is 12.4. The molecular weight excluding hydrogens is 268 g/mol. The van der Waals surface area contributed by atoms with Gasteiger partial charge in [-0.3, -0.25) is 4.79 Å². The van der Waals surface area contributed by atoms with Crippen LogP contribution in [0.15, 0.2) is 30.3 Å². The zero-order valence-corrected chi connectivity index (χ0v) is 12.4. The lowest BCUT2D eigenvalue weighted by atomic mass is 10.2. The highest BCUT2D eigenvalue weighted by Crippen LogP contribution is 2.07. The lowest BCUT2D eigenvalue weighted by Gasteiger charge is -2.35. The molecule has 0 saturated carbocycles. The molecule has 0 bridgehead atoms. The Morgan fingerprint density at radius 2 is 2.05 bits per heavy atom. The van der Waals surface area contributed by atoms with Crippen LogP contribution in [0.1, 0.15) is 13.8 Å². The van der Waals surface area contributed by atoms with Gasteiger partial charge >= 0.3 is 6.03 Å². The fourth-order valence-electron chi connectivity index (χ4n) is 2.36. The van der Waals surface area contributed by atoms with Crippen molar-refractivity contribution in [2.75, 3.05) is 25.0 Å².